The molecule has 2 atom stereocenters. The van der Waals surface area contributed by atoms with E-state index in [4.69, 9.17) is 9.72 Å². The summed E-state index contributed by atoms with van der Waals surface area (Å²) >= 11 is 1.30. The van der Waals surface area contributed by atoms with E-state index in [-0.39, 0.29) is 17.6 Å². The van der Waals surface area contributed by atoms with Crippen molar-refractivity contribution in [1.82, 2.24) is 14.1 Å². The fraction of sp³-hybridized carbons (Fsp3) is 0.300. The minimum atomic E-state index is -0.466. The number of aromatic nitrogens is 3. The fourth-order valence-electron chi connectivity index (χ4n) is 5.32. The van der Waals surface area contributed by atoms with Crippen LogP contribution in [-0.2, 0) is 22.6 Å². The van der Waals surface area contributed by atoms with E-state index in [1.54, 1.807) is 10.6 Å². The maximum Gasteiger partial charge on any atom is 0.262 e. The summed E-state index contributed by atoms with van der Waals surface area (Å²) in [5, 5.41) is 6.01. The molecule has 0 aliphatic carbocycles. The summed E-state index contributed by atoms with van der Waals surface area (Å²) in [6.07, 6.45) is 1.88. The van der Waals surface area contributed by atoms with Crippen LogP contribution in [0.4, 0.5) is 5.69 Å². The monoisotopic (exact) mass is 526 g/mol. The molecule has 7 nitrogen and oxygen atoms in total. The number of amides is 1. The summed E-state index contributed by atoms with van der Waals surface area (Å²) in [7, 11) is 0. The summed E-state index contributed by atoms with van der Waals surface area (Å²) in [4.78, 5) is 31.5. The Labute approximate surface area is 224 Å². The Bertz CT molecular complexity index is 1720. The zero-order valence-electron chi connectivity index (χ0n) is 21.5. The average molecular weight is 527 g/mol. The van der Waals surface area contributed by atoms with Crippen molar-refractivity contribution in [3.63, 3.8) is 0 Å². The molecule has 3 aromatic carbocycles. The minimum absolute atomic E-state index is 0.0175. The van der Waals surface area contributed by atoms with Crippen LogP contribution >= 0.6 is 11.8 Å². The van der Waals surface area contributed by atoms with Crippen LogP contribution in [0.15, 0.2) is 76.7 Å². The summed E-state index contributed by atoms with van der Waals surface area (Å²) < 4.78 is 9.77. The second kappa shape index (κ2) is 10.3. The van der Waals surface area contributed by atoms with Crippen molar-refractivity contribution in [3.8, 4) is 0 Å². The molecule has 1 N–H and O–H groups in total. The van der Waals surface area contributed by atoms with Crippen LogP contribution in [-0.4, -0.2) is 38.0 Å². The van der Waals surface area contributed by atoms with Crippen molar-refractivity contribution in [2.24, 2.45) is 0 Å². The van der Waals surface area contributed by atoms with Gasteiger partial charge in [-0.25, -0.2) is 4.98 Å². The molecule has 0 radical (unpaired) electrons. The molecule has 6 rings (SSSR count). The largest absolute Gasteiger partial charge is 0.376 e. The number of hydrogen-bond acceptors (Lipinski definition) is 5. The molecule has 8 heteroatoms. The molecule has 2 unspecified atom stereocenters. The van der Waals surface area contributed by atoms with Crippen LogP contribution < -0.4 is 10.9 Å². The molecule has 38 heavy (non-hydrogen) atoms. The first-order valence-electron chi connectivity index (χ1n) is 13.1. The highest BCUT2D eigenvalue weighted by Gasteiger charge is 2.23. The maximum absolute atomic E-state index is 13.4. The highest BCUT2D eigenvalue weighted by Crippen LogP contribution is 2.31. The van der Waals surface area contributed by atoms with Gasteiger partial charge in [-0.3, -0.25) is 14.2 Å². The molecule has 0 bridgehead atoms. The summed E-state index contributed by atoms with van der Waals surface area (Å²) in [6.45, 7) is 6.00. The molecule has 1 aliphatic rings. The van der Waals surface area contributed by atoms with E-state index in [2.05, 4.69) is 35.0 Å². The number of nitrogens with one attached hydrogen (secondary N) is 1. The number of hydrogen-bond donors (Lipinski definition) is 1. The Morgan fingerprint density at radius 3 is 2.61 bits per heavy atom. The Hall–Kier alpha value is -3.62. The van der Waals surface area contributed by atoms with Gasteiger partial charge < -0.3 is 14.6 Å². The lowest BCUT2D eigenvalue weighted by atomic mass is 10.1. The normalized spacial score (nSPS) is 16.4. The van der Waals surface area contributed by atoms with Gasteiger partial charge in [0.2, 0.25) is 5.91 Å². The van der Waals surface area contributed by atoms with E-state index in [0.29, 0.717) is 29.2 Å². The standard InChI is InChI=1S/C30H30N4O3S/c1-3-33-26-13-7-5-10-22(26)24-17-20(14-15-27(24)33)31-28(35)19(2)38-30-32-25-12-6-4-11-23(25)29(36)34(30)18-21-9-8-16-37-21/h4-7,10-15,17,19,21H,3,8-9,16,18H2,1-2H3,(H,31,35). The van der Waals surface area contributed by atoms with Crippen molar-refractivity contribution in [2.75, 3.05) is 11.9 Å². The number of anilines is 1. The van der Waals surface area contributed by atoms with Crippen molar-refractivity contribution in [2.45, 2.75) is 56.3 Å². The molecule has 3 heterocycles. The number of rotatable bonds is 7. The fourth-order valence-corrected chi connectivity index (χ4v) is 6.24. The lowest BCUT2D eigenvalue weighted by Crippen LogP contribution is -2.30. The molecule has 5 aromatic rings. The molecular formula is C30H30N4O3S. The number of aryl methyl sites for hydroxylation is 1. The van der Waals surface area contributed by atoms with Gasteiger partial charge in [0.15, 0.2) is 5.16 Å². The highest BCUT2D eigenvalue weighted by molar-refractivity contribution is 8.00. The molecule has 1 fully saturated rings. The van der Waals surface area contributed by atoms with Crippen molar-refractivity contribution < 1.29 is 9.53 Å². The third-order valence-corrected chi connectivity index (χ3v) is 8.33. The minimum Gasteiger partial charge on any atom is -0.376 e. The van der Waals surface area contributed by atoms with Crippen LogP contribution in [0.2, 0.25) is 0 Å². The molecule has 2 aromatic heterocycles. The summed E-state index contributed by atoms with van der Waals surface area (Å²) in [5.74, 6) is -0.139. The molecule has 1 aliphatic heterocycles. The average Bonchev–Trinajstić information content (AvgIpc) is 3.56. The third kappa shape index (κ3) is 4.48. The highest BCUT2D eigenvalue weighted by atomic mass is 32.2. The van der Waals surface area contributed by atoms with Gasteiger partial charge in [-0.05, 0) is 63.1 Å². The van der Waals surface area contributed by atoms with Crippen LogP contribution in [0.5, 0.6) is 0 Å². The second-order valence-corrected chi connectivity index (χ2v) is 11.0. The van der Waals surface area contributed by atoms with Crippen molar-refractivity contribution >= 4 is 56.1 Å². The number of fused-ring (bicyclic) bond motifs is 4. The molecule has 194 valence electrons. The first-order valence-corrected chi connectivity index (χ1v) is 14.0. The third-order valence-electron chi connectivity index (χ3n) is 7.24. The van der Waals surface area contributed by atoms with Crippen LogP contribution in [0.1, 0.15) is 26.7 Å². The lowest BCUT2D eigenvalue weighted by molar-refractivity contribution is -0.115. The smallest absolute Gasteiger partial charge is 0.262 e. The summed E-state index contributed by atoms with van der Waals surface area (Å²) in [6, 6.07) is 21.7. The Morgan fingerprint density at radius 2 is 1.82 bits per heavy atom. The Morgan fingerprint density at radius 1 is 1.05 bits per heavy atom. The van der Waals surface area contributed by atoms with E-state index >= 15 is 0 Å². The van der Waals surface area contributed by atoms with Crippen LogP contribution in [0.3, 0.4) is 0 Å². The number of carbonyl (C=O) groups excluding carboxylic acids is 1. The molecule has 1 amide bonds. The number of benzene rings is 3. The SMILES string of the molecule is CCn1c2ccccc2c2cc(NC(=O)C(C)Sc3nc4ccccc4c(=O)n3CC3CCCO3)ccc21. The van der Waals surface area contributed by atoms with Crippen molar-refractivity contribution in [3.05, 3.63) is 77.1 Å². The number of carbonyl (C=O) groups is 1. The molecular weight excluding hydrogens is 496 g/mol. The molecule has 0 spiro atoms. The predicted molar refractivity (Wildman–Crippen MR) is 154 cm³/mol. The topological polar surface area (TPSA) is 78.2 Å². The van der Waals surface area contributed by atoms with Gasteiger partial charge in [-0.1, -0.05) is 42.1 Å². The van der Waals surface area contributed by atoms with E-state index in [1.807, 2.05) is 49.4 Å². The van der Waals surface area contributed by atoms with Crippen molar-refractivity contribution in [1.29, 1.82) is 0 Å². The Kier molecular flexibility index (Phi) is 6.68. The number of thioether (sulfide) groups is 1. The zero-order valence-corrected chi connectivity index (χ0v) is 22.3. The number of nitrogens with zero attached hydrogens (tertiary/aromatic N) is 3. The van der Waals surface area contributed by atoms with E-state index in [1.165, 1.54) is 22.7 Å². The van der Waals surface area contributed by atoms with Crippen LogP contribution in [0, 0.1) is 0 Å². The Balaban J connectivity index is 1.28. The number of ether oxygens (including phenoxy) is 1. The van der Waals surface area contributed by atoms with Gasteiger partial charge in [0.05, 0.1) is 28.8 Å². The zero-order chi connectivity index (χ0) is 26.2. The van der Waals surface area contributed by atoms with E-state index in [0.717, 1.165) is 36.0 Å². The van der Waals surface area contributed by atoms with Gasteiger partial charge in [0.1, 0.15) is 0 Å². The lowest BCUT2D eigenvalue weighted by Gasteiger charge is -2.18. The summed E-state index contributed by atoms with van der Waals surface area (Å²) in [5.41, 5.74) is 3.61. The maximum atomic E-state index is 13.4. The quantitative estimate of drug-likeness (QED) is 0.214. The van der Waals surface area contributed by atoms with E-state index < -0.39 is 5.25 Å². The van der Waals surface area contributed by atoms with Gasteiger partial charge in [-0.2, -0.15) is 0 Å². The van der Waals surface area contributed by atoms with Gasteiger partial charge in [0, 0.05) is 40.6 Å². The number of para-hydroxylation sites is 2. The first kappa shape index (κ1) is 24.7. The predicted octanol–water partition coefficient (Wildman–Crippen LogP) is 5.82. The van der Waals surface area contributed by atoms with Crippen LogP contribution in [0.25, 0.3) is 32.7 Å². The first-order chi connectivity index (χ1) is 18.5. The van der Waals surface area contributed by atoms with Gasteiger partial charge >= 0.3 is 0 Å². The molecule has 0 saturated carbocycles. The second-order valence-electron chi connectivity index (χ2n) is 9.70. The van der Waals surface area contributed by atoms with E-state index in [9.17, 15) is 9.59 Å². The molecule has 1 saturated heterocycles. The van der Waals surface area contributed by atoms with Gasteiger partial charge in [0.25, 0.3) is 5.56 Å². The van der Waals surface area contributed by atoms with Gasteiger partial charge in [-0.15, -0.1) is 0 Å².